The van der Waals surface area contributed by atoms with Gasteiger partial charge >= 0.3 is 0 Å². The first-order valence-electron chi connectivity index (χ1n) is 4.36. The van der Waals surface area contributed by atoms with Gasteiger partial charge in [0.15, 0.2) is 0 Å². The maximum atomic E-state index is 11.7. The van der Waals surface area contributed by atoms with E-state index < -0.39 is 10.8 Å². The molecular weight excluding hydrogens is 212 g/mol. The summed E-state index contributed by atoms with van der Waals surface area (Å²) in [6, 6.07) is 9.55. The number of anilines is 1. The summed E-state index contributed by atoms with van der Waals surface area (Å²) < 4.78 is 11.7. The van der Waals surface area contributed by atoms with Crippen molar-refractivity contribution < 1.29 is 4.21 Å². The Morgan fingerprint density at radius 3 is 2.67 bits per heavy atom. The molecule has 1 unspecified atom stereocenters. The van der Waals surface area contributed by atoms with Gasteiger partial charge in [-0.3, -0.25) is 9.31 Å². The second-order valence-electron chi connectivity index (χ2n) is 2.97. The summed E-state index contributed by atoms with van der Waals surface area (Å²) in [5.74, 6) is 0.529. The molecule has 3 N–H and O–H groups in total. The maximum absolute atomic E-state index is 11.7. The van der Waals surface area contributed by atoms with E-state index in [4.69, 9.17) is 5.73 Å². The number of benzene rings is 1. The lowest BCUT2D eigenvalue weighted by Gasteiger charge is -1.97. The van der Waals surface area contributed by atoms with E-state index >= 15 is 0 Å². The van der Waals surface area contributed by atoms with Crippen molar-refractivity contribution in [3.8, 4) is 0 Å². The molecular formula is C9H10N4OS. The molecule has 0 amide bonds. The Kier molecular flexibility index (Phi) is 2.77. The van der Waals surface area contributed by atoms with Gasteiger partial charge in [0.05, 0.1) is 16.6 Å². The molecule has 0 aliphatic carbocycles. The molecule has 1 heterocycles. The zero-order valence-electron chi connectivity index (χ0n) is 7.88. The Balaban J connectivity index is 2.11. The molecule has 15 heavy (non-hydrogen) atoms. The van der Waals surface area contributed by atoms with Crippen LogP contribution in [-0.4, -0.2) is 19.4 Å². The molecule has 0 spiro atoms. The molecule has 0 fully saturated rings. The first kappa shape index (κ1) is 9.85. The van der Waals surface area contributed by atoms with Crippen molar-refractivity contribution >= 4 is 16.7 Å². The number of aromatic nitrogens is 3. The maximum Gasteiger partial charge on any atom is 0.240 e. The van der Waals surface area contributed by atoms with Crippen LogP contribution < -0.4 is 5.73 Å². The van der Waals surface area contributed by atoms with Crippen LogP contribution in [0.2, 0.25) is 0 Å². The number of nitrogen functional groups attached to an aromatic ring is 1. The van der Waals surface area contributed by atoms with Crippen molar-refractivity contribution in [2.45, 2.75) is 10.9 Å². The topological polar surface area (TPSA) is 84.7 Å². The lowest BCUT2D eigenvalue weighted by Crippen LogP contribution is -1.98. The molecule has 1 aromatic heterocycles. The predicted octanol–water partition coefficient (Wildman–Crippen LogP) is 0.695. The van der Waals surface area contributed by atoms with Crippen LogP contribution in [0.25, 0.3) is 0 Å². The molecule has 0 radical (unpaired) electrons. The molecule has 5 nitrogen and oxygen atoms in total. The van der Waals surface area contributed by atoms with Gasteiger partial charge in [0, 0.05) is 0 Å². The number of rotatable bonds is 3. The standard InChI is InChI=1S/C9H10N4OS/c10-8-11-9(13-12-8)15(14)6-7-4-2-1-3-5-7/h1-5H,6H2,(H3,10,11,12,13). The molecule has 0 aliphatic heterocycles. The normalized spacial score (nSPS) is 12.5. The third-order valence-corrected chi connectivity index (χ3v) is 3.05. The molecule has 0 bridgehead atoms. The summed E-state index contributed by atoms with van der Waals surface area (Å²) in [4.78, 5) is 3.82. The minimum atomic E-state index is -1.22. The largest absolute Gasteiger partial charge is 0.366 e. The number of aromatic amines is 1. The third kappa shape index (κ3) is 2.41. The number of nitrogens with two attached hydrogens (primary N) is 1. The average molecular weight is 222 g/mol. The van der Waals surface area contributed by atoms with Gasteiger partial charge in [0.2, 0.25) is 11.1 Å². The Morgan fingerprint density at radius 2 is 2.07 bits per heavy atom. The van der Waals surface area contributed by atoms with Gasteiger partial charge in [0.25, 0.3) is 0 Å². The summed E-state index contributed by atoms with van der Waals surface area (Å²) in [6.07, 6.45) is 0. The predicted molar refractivity (Wildman–Crippen MR) is 57.3 cm³/mol. The minimum absolute atomic E-state index is 0.117. The highest BCUT2D eigenvalue weighted by Gasteiger charge is 2.09. The van der Waals surface area contributed by atoms with E-state index in [0.717, 1.165) is 5.56 Å². The smallest absolute Gasteiger partial charge is 0.240 e. The van der Waals surface area contributed by atoms with Gasteiger partial charge in [-0.1, -0.05) is 30.3 Å². The second kappa shape index (κ2) is 4.22. The second-order valence-corrected chi connectivity index (χ2v) is 4.34. The summed E-state index contributed by atoms with van der Waals surface area (Å²) in [5.41, 5.74) is 6.31. The van der Waals surface area contributed by atoms with Gasteiger partial charge in [-0.2, -0.15) is 4.98 Å². The van der Waals surface area contributed by atoms with Gasteiger partial charge < -0.3 is 5.73 Å². The SMILES string of the molecule is Nc1n[nH]c(S(=O)Cc2ccccc2)n1. The fourth-order valence-corrected chi connectivity index (χ4v) is 2.13. The van der Waals surface area contributed by atoms with Gasteiger partial charge in [0.1, 0.15) is 0 Å². The Labute approximate surface area is 89.2 Å². The first-order valence-corrected chi connectivity index (χ1v) is 5.68. The van der Waals surface area contributed by atoms with Crippen molar-refractivity contribution in [2.24, 2.45) is 0 Å². The summed E-state index contributed by atoms with van der Waals surface area (Å²) in [6.45, 7) is 0. The number of H-pyrrole nitrogens is 1. The van der Waals surface area contributed by atoms with Crippen LogP contribution in [0, 0.1) is 0 Å². The van der Waals surface area contributed by atoms with Crippen molar-refractivity contribution in [3.05, 3.63) is 35.9 Å². The van der Waals surface area contributed by atoms with Gasteiger partial charge in [-0.25, -0.2) is 0 Å². The van der Waals surface area contributed by atoms with E-state index in [-0.39, 0.29) is 5.95 Å². The van der Waals surface area contributed by atoms with Crippen molar-refractivity contribution in [1.29, 1.82) is 0 Å². The zero-order valence-corrected chi connectivity index (χ0v) is 8.70. The van der Waals surface area contributed by atoms with E-state index in [0.29, 0.717) is 10.9 Å². The summed E-state index contributed by atoms with van der Waals surface area (Å²) in [5, 5.41) is 6.48. The summed E-state index contributed by atoms with van der Waals surface area (Å²) in [7, 11) is -1.22. The van der Waals surface area contributed by atoms with Crippen LogP contribution in [0.4, 0.5) is 5.95 Å². The molecule has 0 saturated carbocycles. The summed E-state index contributed by atoms with van der Waals surface area (Å²) >= 11 is 0. The average Bonchev–Trinajstić information content (AvgIpc) is 2.66. The van der Waals surface area contributed by atoms with Crippen molar-refractivity contribution in [3.63, 3.8) is 0 Å². The van der Waals surface area contributed by atoms with E-state index in [2.05, 4.69) is 15.2 Å². The molecule has 0 aliphatic rings. The highest BCUT2D eigenvalue weighted by atomic mass is 32.2. The Morgan fingerprint density at radius 1 is 1.33 bits per heavy atom. The number of nitrogens with one attached hydrogen (secondary N) is 1. The van der Waals surface area contributed by atoms with Crippen molar-refractivity contribution in [1.82, 2.24) is 15.2 Å². The Bertz CT molecular complexity index is 468. The Hall–Kier alpha value is -1.69. The minimum Gasteiger partial charge on any atom is -0.366 e. The third-order valence-electron chi connectivity index (χ3n) is 1.84. The van der Waals surface area contributed by atoms with Gasteiger partial charge in [-0.05, 0) is 5.56 Å². The molecule has 78 valence electrons. The molecule has 0 saturated heterocycles. The van der Waals surface area contributed by atoms with E-state index in [1.807, 2.05) is 30.3 Å². The number of nitrogens with zero attached hydrogens (tertiary/aromatic N) is 2. The van der Waals surface area contributed by atoms with Crippen LogP contribution in [0.1, 0.15) is 5.56 Å². The molecule has 6 heteroatoms. The number of hydrogen-bond acceptors (Lipinski definition) is 4. The van der Waals surface area contributed by atoms with Crippen LogP contribution >= 0.6 is 0 Å². The van der Waals surface area contributed by atoms with Crippen LogP contribution in [0.15, 0.2) is 35.5 Å². The lowest BCUT2D eigenvalue weighted by molar-refractivity contribution is 0.676. The molecule has 1 aromatic carbocycles. The zero-order chi connectivity index (χ0) is 10.7. The first-order chi connectivity index (χ1) is 7.25. The van der Waals surface area contributed by atoms with E-state index in [1.165, 1.54) is 0 Å². The van der Waals surface area contributed by atoms with E-state index in [1.54, 1.807) is 0 Å². The monoisotopic (exact) mass is 222 g/mol. The highest BCUT2D eigenvalue weighted by Crippen LogP contribution is 2.08. The van der Waals surface area contributed by atoms with Crippen molar-refractivity contribution in [2.75, 3.05) is 5.73 Å². The molecule has 1 atom stereocenters. The quantitative estimate of drug-likeness (QED) is 0.800. The lowest BCUT2D eigenvalue weighted by atomic mass is 10.2. The fourth-order valence-electron chi connectivity index (χ4n) is 1.15. The van der Waals surface area contributed by atoms with Crippen LogP contribution in [-0.2, 0) is 16.6 Å². The highest BCUT2D eigenvalue weighted by molar-refractivity contribution is 7.84. The van der Waals surface area contributed by atoms with Crippen LogP contribution in [0.5, 0.6) is 0 Å². The molecule has 2 rings (SSSR count). The molecule has 2 aromatic rings. The van der Waals surface area contributed by atoms with Gasteiger partial charge in [-0.15, -0.1) is 5.10 Å². The number of hydrogen-bond donors (Lipinski definition) is 2. The van der Waals surface area contributed by atoms with E-state index in [9.17, 15) is 4.21 Å². The van der Waals surface area contributed by atoms with Crippen LogP contribution in [0.3, 0.4) is 0 Å². The fraction of sp³-hybridized carbons (Fsp3) is 0.111.